The topological polar surface area (TPSA) is 15.3 Å². The largest absolute Gasteiger partial charge is 0.312 e. The van der Waals surface area contributed by atoms with E-state index in [1.165, 1.54) is 64.7 Å². The van der Waals surface area contributed by atoms with Crippen LogP contribution in [0.15, 0.2) is 0 Å². The smallest absolute Gasteiger partial charge is 0.0224 e. The second-order valence-corrected chi connectivity index (χ2v) is 6.79. The van der Waals surface area contributed by atoms with Gasteiger partial charge in [-0.15, -0.1) is 0 Å². The molecule has 0 radical (unpaired) electrons. The number of nitrogens with one attached hydrogen (secondary N) is 1. The van der Waals surface area contributed by atoms with Crippen molar-refractivity contribution >= 4 is 0 Å². The lowest BCUT2D eigenvalue weighted by Gasteiger charge is -2.45. The molecule has 1 aliphatic carbocycles. The summed E-state index contributed by atoms with van der Waals surface area (Å²) in [6.45, 7) is 7.78. The van der Waals surface area contributed by atoms with E-state index in [9.17, 15) is 0 Å². The van der Waals surface area contributed by atoms with Crippen molar-refractivity contribution in [3.05, 3.63) is 0 Å². The first kappa shape index (κ1) is 12.0. The van der Waals surface area contributed by atoms with Crippen molar-refractivity contribution in [3.8, 4) is 0 Å². The Morgan fingerprint density at radius 1 is 1.12 bits per heavy atom. The highest BCUT2D eigenvalue weighted by molar-refractivity contribution is 4.91. The lowest BCUT2D eigenvalue weighted by atomic mass is 9.81. The maximum Gasteiger partial charge on any atom is 0.0224 e. The molecule has 3 heterocycles. The van der Waals surface area contributed by atoms with Crippen LogP contribution in [0.1, 0.15) is 45.4 Å². The van der Waals surface area contributed by atoms with Crippen LogP contribution >= 0.6 is 0 Å². The Hall–Kier alpha value is -0.0800. The predicted molar refractivity (Wildman–Crippen MR) is 72.1 cm³/mol. The summed E-state index contributed by atoms with van der Waals surface area (Å²) < 4.78 is 0. The molecule has 3 atom stereocenters. The van der Waals surface area contributed by atoms with Crippen LogP contribution < -0.4 is 5.32 Å². The second-order valence-electron chi connectivity index (χ2n) is 6.79. The molecule has 3 saturated heterocycles. The van der Waals surface area contributed by atoms with Gasteiger partial charge in [-0.2, -0.15) is 0 Å². The Morgan fingerprint density at radius 3 is 2.59 bits per heavy atom. The number of hydrogen-bond acceptors (Lipinski definition) is 2. The molecular weight excluding hydrogens is 208 g/mol. The molecule has 3 unspecified atom stereocenters. The van der Waals surface area contributed by atoms with E-state index in [-0.39, 0.29) is 0 Å². The van der Waals surface area contributed by atoms with Crippen molar-refractivity contribution in [2.45, 2.75) is 51.5 Å². The average Bonchev–Trinajstić information content (AvgIpc) is 2.38. The summed E-state index contributed by atoms with van der Waals surface area (Å²) in [5.74, 6) is 2.93. The van der Waals surface area contributed by atoms with E-state index >= 15 is 0 Å². The van der Waals surface area contributed by atoms with Gasteiger partial charge in [-0.3, -0.25) is 0 Å². The Kier molecular flexibility index (Phi) is 3.72. The van der Waals surface area contributed by atoms with Crippen LogP contribution in [0.4, 0.5) is 0 Å². The molecule has 0 spiro atoms. The van der Waals surface area contributed by atoms with E-state index in [4.69, 9.17) is 0 Å². The van der Waals surface area contributed by atoms with Gasteiger partial charge in [0, 0.05) is 12.6 Å². The van der Waals surface area contributed by atoms with Gasteiger partial charge in [0.15, 0.2) is 0 Å². The van der Waals surface area contributed by atoms with Crippen LogP contribution in [0, 0.1) is 17.8 Å². The second kappa shape index (κ2) is 5.27. The molecule has 98 valence electrons. The van der Waals surface area contributed by atoms with E-state index < -0.39 is 0 Å². The summed E-state index contributed by atoms with van der Waals surface area (Å²) in [5.41, 5.74) is 0. The zero-order valence-electron chi connectivity index (χ0n) is 11.3. The minimum absolute atomic E-state index is 0.815. The molecule has 4 fully saturated rings. The quantitative estimate of drug-likeness (QED) is 0.810. The summed E-state index contributed by atoms with van der Waals surface area (Å²) in [6, 6.07) is 0.815. The molecule has 0 amide bonds. The third-order valence-corrected chi connectivity index (χ3v) is 5.37. The summed E-state index contributed by atoms with van der Waals surface area (Å²) in [7, 11) is 0. The van der Waals surface area contributed by atoms with Crippen LogP contribution in [-0.4, -0.2) is 37.1 Å². The molecule has 2 heteroatoms. The highest BCUT2D eigenvalue weighted by atomic mass is 15.2. The first-order valence-corrected chi connectivity index (χ1v) is 7.77. The van der Waals surface area contributed by atoms with Gasteiger partial charge in [-0.25, -0.2) is 0 Å². The van der Waals surface area contributed by atoms with E-state index in [1.807, 2.05) is 0 Å². The van der Waals surface area contributed by atoms with E-state index in [1.54, 1.807) is 0 Å². The molecule has 2 bridgehead atoms. The van der Waals surface area contributed by atoms with Crippen molar-refractivity contribution in [1.82, 2.24) is 10.2 Å². The Balaban J connectivity index is 1.44. The first-order chi connectivity index (χ1) is 8.31. The lowest BCUT2D eigenvalue weighted by molar-refractivity contribution is 0.0690. The highest BCUT2D eigenvalue weighted by Crippen LogP contribution is 2.30. The van der Waals surface area contributed by atoms with Crippen molar-refractivity contribution < 1.29 is 0 Å². The average molecular weight is 236 g/mol. The predicted octanol–water partition coefficient (Wildman–Crippen LogP) is 2.50. The maximum absolute atomic E-state index is 3.90. The Labute approximate surface area is 106 Å². The van der Waals surface area contributed by atoms with Gasteiger partial charge >= 0.3 is 0 Å². The van der Waals surface area contributed by atoms with Crippen LogP contribution in [-0.2, 0) is 0 Å². The van der Waals surface area contributed by atoms with Crippen molar-refractivity contribution in [3.63, 3.8) is 0 Å². The maximum atomic E-state index is 3.90. The van der Waals surface area contributed by atoms with Crippen LogP contribution in [0.25, 0.3) is 0 Å². The minimum Gasteiger partial charge on any atom is -0.312 e. The van der Waals surface area contributed by atoms with E-state index in [0.29, 0.717) is 0 Å². The number of rotatable bonds is 3. The molecule has 0 aromatic carbocycles. The van der Waals surface area contributed by atoms with Crippen LogP contribution in [0.3, 0.4) is 0 Å². The molecule has 1 N–H and O–H groups in total. The van der Waals surface area contributed by atoms with Gasteiger partial charge < -0.3 is 10.2 Å². The monoisotopic (exact) mass is 236 g/mol. The van der Waals surface area contributed by atoms with Gasteiger partial charge in [0.05, 0.1) is 0 Å². The SMILES string of the molecule is CC1CCCC(CNC2CN3CCC2CC3)C1. The third kappa shape index (κ3) is 2.85. The molecule has 0 aromatic heterocycles. The molecule has 3 aliphatic heterocycles. The number of nitrogens with zero attached hydrogens (tertiary/aromatic N) is 1. The summed E-state index contributed by atoms with van der Waals surface area (Å²) in [6.07, 6.45) is 8.76. The van der Waals surface area contributed by atoms with E-state index in [2.05, 4.69) is 17.1 Å². The fourth-order valence-corrected chi connectivity index (χ4v) is 4.26. The lowest BCUT2D eigenvalue weighted by Crippen LogP contribution is -2.56. The summed E-state index contributed by atoms with van der Waals surface area (Å²) in [4.78, 5) is 2.65. The molecule has 4 rings (SSSR count). The number of piperidine rings is 3. The molecule has 0 aromatic rings. The Bertz CT molecular complexity index is 245. The van der Waals surface area contributed by atoms with Gasteiger partial charge in [0.2, 0.25) is 0 Å². The number of fused-ring (bicyclic) bond motifs is 3. The molecule has 4 aliphatic rings. The summed E-state index contributed by atoms with van der Waals surface area (Å²) in [5, 5.41) is 3.90. The fraction of sp³-hybridized carbons (Fsp3) is 1.00. The zero-order valence-corrected chi connectivity index (χ0v) is 11.3. The minimum atomic E-state index is 0.815. The van der Waals surface area contributed by atoms with Gasteiger partial charge in [-0.05, 0) is 63.1 Å². The molecule has 1 saturated carbocycles. The highest BCUT2D eigenvalue weighted by Gasteiger charge is 2.34. The Morgan fingerprint density at radius 2 is 1.94 bits per heavy atom. The molecule has 17 heavy (non-hydrogen) atoms. The molecule has 2 nitrogen and oxygen atoms in total. The first-order valence-electron chi connectivity index (χ1n) is 7.77. The molecular formula is C15H28N2. The van der Waals surface area contributed by atoms with Crippen molar-refractivity contribution in [2.24, 2.45) is 17.8 Å². The number of hydrogen-bond donors (Lipinski definition) is 1. The van der Waals surface area contributed by atoms with E-state index in [0.717, 1.165) is 23.8 Å². The van der Waals surface area contributed by atoms with Gasteiger partial charge in [-0.1, -0.05) is 19.8 Å². The van der Waals surface area contributed by atoms with Crippen LogP contribution in [0.5, 0.6) is 0 Å². The van der Waals surface area contributed by atoms with Crippen molar-refractivity contribution in [1.29, 1.82) is 0 Å². The van der Waals surface area contributed by atoms with Gasteiger partial charge in [0.1, 0.15) is 0 Å². The normalized spacial score (nSPS) is 46.1. The summed E-state index contributed by atoms with van der Waals surface area (Å²) >= 11 is 0. The van der Waals surface area contributed by atoms with Crippen molar-refractivity contribution in [2.75, 3.05) is 26.2 Å². The zero-order chi connectivity index (χ0) is 11.7. The standard InChI is InChI=1S/C15H28N2/c1-12-3-2-4-13(9-12)10-16-15-11-17-7-5-14(15)6-8-17/h12-16H,2-11H2,1H3. The van der Waals surface area contributed by atoms with Gasteiger partial charge in [0.25, 0.3) is 0 Å². The van der Waals surface area contributed by atoms with Crippen LogP contribution in [0.2, 0.25) is 0 Å². The third-order valence-electron chi connectivity index (χ3n) is 5.37. The fourth-order valence-electron chi connectivity index (χ4n) is 4.26.